The Balaban J connectivity index is 1.84. The lowest BCUT2D eigenvalue weighted by Crippen LogP contribution is -2.16. The number of ether oxygens (including phenoxy) is 1. The summed E-state index contributed by atoms with van der Waals surface area (Å²) in [5.74, 6) is -0.00290. The van der Waals surface area contributed by atoms with E-state index in [1.807, 2.05) is 12.1 Å². The molecule has 0 bridgehead atoms. The van der Waals surface area contributed by atoms with E-state index in [9.17, 15) is 13.2 Å². The fourth-order valence-corrected chi connectivity index (χ4v) is 4.28. The summed E-state index contributed by atoms with van der Waals surface area (Å²) in [6, 6.07) is 18.0. The van der Waals surface area contributed by atoms with Crippen LogP contribution < -0.4 is 14.8 Å². The number of halogens is 1. The maximum absolute atomic E-state index is 12.9. The number of carbonyl (C=O) groups is 1. The standard InChI is InChI=1S/C24H25ClN2O4S/c1-24(2,3)17-11-9-16(10-12-17)23(28)26-21-15-18(13-14-19(21)25)32(29,30)27-20-7-5-6-8-22(20)31-4/h5-15,27H,1-4H3,(H,26,28). The number of carbonyl (C=O) groups excluding carboxylic acids is 1. The topological polar surface area (TPSA) is 84.5 Å². The predicted octanol–water partition coefficient (Wildman–Crippen LogP) is 5.70. The molecular formula is C24H25ClN2O4S. The Morgan fingerprint density at radius 1 is 0.938 bits per heavy atom. The molecule has 0 aromatic heterocycles. The number of rotatable bonds is 6. The first-order chi connectivity index (χ1) is 15.0. The molecule has 3 aromatic carbocycles. The fourth-order valence-electron chi connectivity index (χ4n) is 3.02. The van der Waals surface area contributed by atoms with Crippen molar-refractivity contribution in [1.82, 2.24) is 0 Å². The van der Waals surface area contributed by atoms with Crippen LogP contribution in [0.25, 0.3) is 0 Å². The highest BCUT2D eigenvalue weighted by Gasteiger charge is 2.19. The SMILES string of the molecule is COc1ccccc1NS(=O)(=O)c1ccc(Cl)c(NC(=O)c2ccc(C(C)(C)C)cc2)c1. The van der Waals surface area contributed by atoms with E-state index in [0.29, 0.717) is 17.0 Å². The summed E-state index contributed by atoms with van der Waals surface area (Å²) >= 11 is 6.22. The van der Waals surface area contributed by atoms with E-state index in [1.54, 1.807) is 36.4 Å². The Hall–Kier alpha value is -3.03. The lowest BCUT2D eigenvalue weighted by Gasteiger charge is -2.19. The number of anilines is 2. The maximum atomic E-state index is 12.9. The van der Waals surface area contributed by atoms with Gasteiger partial charge in [-0.25, -0.2) is 8.42 Å². The van der Waals surface area contributed by atoms with Gasteiger partial charge in [-0.05, 0) is 53.4 Å². The molecule has 8 heteroatoms. The van der Waals surface area contributed by atoms with Crippen molar-refractivity contribution < 1.29 is 17.9 Å². The Morgan fingerprint density at radius 3 is 2.22 bits per heavy atom. The van der Waals surface area contributed by atoms with Crippen LogP contribution in [0.1, 0.15) is 36.7 Å². The molecule has 0 fully saturated rings. The molecule has 32 heavy (non-hydrogen) atoms. The average molecular weight is 473 g/mol. The highest BCUT2D eigenvalue weighted by Crippen LogP contribution is 2.30. The second-order valence-corrected chi connectivity index (χ2v) is 10.3. The molecule has 0 aliphatic carbocycles. The average Bonchev–Trinajstić information content (AvgIpc) is 2.74. The number of benzene rings is 3. The number of amides is 1. The number of para-hydroxylation sites is 2. The molecule has 3 aromatic rings. The van der Waals surface area contributed by atoms with Crippen molar-refractivity contribution in [2.24, 2.45) is 0 Å². The molecule has 1 amide bonds. The van der Waals surface area contributed by atoms with Gasteiger partial charge in [0.15, 0.2) is 0 Å². The Bertz CT molecular complexity index is 1230. The lowest BCUT2D eigenvalue weighted by molar-refractivity contribution is 0.102. The van der Waals surface area contributed by atoms with Gasteiger partial charge in [0.2, 0.25) is 0 Å². The van der Waals surface area contributed by atoms with Crippen molar-refractivity contribution in [2.75, 3.05) is 17.1 Å². The van der Waals surface area contributed by atoms with Crippen molar-refractivity contribution in [3.05, 3.63) is 82.9 Å². The van der Waals surface area contributed by atoms with Crippen molar-refractivity contribution in [2.45, 2.75) is 31.1 Å². The summed E-state index contributed by atoms with van der Waals surface area (Å²) in [6.07, 6.45) is 0. The molecule has 0 saturated heterocycles. The molecular weight excluding hydrogens is 448 g/mol. The summed E-state index contributed by atoms with van der Waals surface area (Å²) in [4.78, 5) is 12.7. The summed E-state index contributed by atoms with van der Waals surface area (Å²) in [5, 5.41) is 2.92. The fraction of sp³-hybridized carbons (Fsp3) is 0.208. The zero-order chi connectivity index (χ0) is 23.5. The van der Waals surface area contributed by atoms with Crippen LogP contribution in [0.2, 0.25) is 5.02 Å². The summed E-state index contributed by atoms with van der Waals surface area (Å²) < 4.78 is 33.5. The third-order valence-corrected chi connectivity index (χ3v) is 6.55. The number of hydrogen-bond acceptors (Lipinski definition) is 4. The molecule has 0 saturated carbocycles. The van der Waals surface area contributed by atoms with Crippen molar-refractivity contribution in [3.8, 4) is 5.75 Å². The molecule has 3 rings (SSSR count). The number of hydrogen-bond donors (Lipinski definition) is 2. The number of sulfonamides is 1. The smallest absolute Gasteiger partial charge is 0.262 e. The normalized spacial score (nSPS) is 11.7. The van der Waals surface area contributed by atoms with Crippen LogP contribution in [0.4, 0.5) is 11.4 Å². The minimum atomic E-state index is -3.95. The van der Waals surface area contributed by atoms with Crippen LogP contribution in [-0.4, -0.2) is 21.4 Å². The van der Waals surface area contributed by atoms with Crippen LogP contribution in [0.15, 0.2) is 71.6 Å². The van der Waals surface area contributed by atoms with E-state index in [1.165, 1.54) is 25.3 Å². The van der Waals surface area contributed by atoms with Gasteiger partial charge >= 0.3 is 0 Å². The van der Waals surface area contributed by atoms with Crippen LogP contribution in [0, 0.1) is 0 Å². The third kappa shape index (κ3) is 5.41. The first kappa shape index (κ1) is 23.6. The molecule has 6 nitrogen and oxygen atoms in total. The van der Waals surface area contributed by atoms with Gasteiger partial charge in [-0.2, -0.15) is 0 Å². The number of nitrogens with one attached hydrogen (secondary N) is 2. The highest BCUT2D eigenvalue weighted by atomic mass is 35.5. The third-order valence-electron chi connectivity index (χ3n) is 4.86. The van der Waals surface area contributed by atoms with Crippen molar-refractivity contribution >= 4 is 38.9 Å². The zero-order valence-electron chi connectivity index (χ0n) is 18.3. The summed E-state index contributed by atoms with van der Waals surface area (Å²) in [7, 11) is -2.49. The Morgan fingerprint density at radius 2 is 1.59 bits per heavy atom. The Labute approximate surface area is 193 Å². The molecule has 0 spiro atoms. The van der Waals surface area contributed by atoms with E-state index in [-0.39, 0.29) is 26.9 Å². The van der Waals surface area contributed by atoms with Crippen molar-refractivity contribution in [1.29, 1.82) is 0 Å². The second kappa shape index (κ2) is 9.22. The zero-order valence-corrected chi connectivity index (χ0v) is 19.8. The molecule has 0 atom stereocenters. The van der Waals surface area contributed by atoms with Crippen LogP contribution in [0.3, 0.4) is 0 Å². The molecule has 0 heterocycles. The van der Waals surface area contributed by atoms with Crippen LogP contribution >= 0.6 is 11.6 Å². The first-order valence-electron chi connectivity index (χ1n) is 9.88. The minimum absolute atomic E-state index is 0.0323. The monoisotopic (exact) mass is 472 g/mol. The summed E-state index contributed by atoms with van der Waals surface area (Å²) in [6.45, 7) is 6.27. The van der Waals surface area contributed by atoms with E-state index >= 15 is 0 Å². The van der Waals surface area contributed by atoms with Gasteiger partial charge in [-0.3, -0.25) is 9.52 Å². The van der Waals surface area contributed by atoms with Gasteiger partial charge in [-0.15, -0.1) is 0 Å². The van der Waals surface area contributed by atoms with Gasteiger partial charge in [0.25, 0.3) is 15.9 Å². The second-order valence-electron chi connectivity index (χ2n) is 8.23. The molecule has 2 N–H and O–H groups in total. The van der Waals surface area contributed by atoms with Crippen LogP contribution in [0.5, 0.6) is 5.75 Å². The molecule has 0 aliphatic rings. The molecule has 168 valence electrons. The Kier molecular flexibility index (Phi) is 6.81. The highest BCUT2D eigenvalue weighted by molar-refractivity contribution is 7.92. The number of methoxy groups -OCH3 is 1. The van der Waals surface area contributed by atoms with E-state index in [2.05, 4.69) is 30.8 Å². The van der Waals surface area contributed by atoms with Crippen LogP contribution in [-0.2, 0) is 15.4 Å². The van der Waals surface area contributed by atoms with E-state index < -0.39 is 10.0 Å². The first-order valence-corrected chi connectivity index (χ1v) is 11.7. The van der Waals surface area contributed by atoms with E-state index in [0.717, 1.165) is 5.56 Å². The van der Waals surface area contributed by atoms with Crippen molar-refractivity contribution in [3.63, 3.8) is 0 Å². The molecule has 0 aliphatic heterocycles. The maximum Gasteiger partial charge on any atom is 0.262 e. The predicted molar refractivity (Wildman–Crippen MR) is 128 cm³/mol. The van der Waals surface area contributed by atoms with Gasteiger partial charge in [0.1, 0.15) is 5.75 Å². The minimum Gasteiger partial charge on any atom is -0.495 e. The summed E-state index contributed by atoms with van der Waals surface area (Å²) in [5.41, 5.74) is 2.00. The molecule has 0 unspecified atom stereocenters. The molecule has 0 radical (unpaired) electrons. The van der Waals surface area contributed by atoms with Gasteiger partial charge in [0, 0.05) is 5.56 Å². The van der Waals surface area contributed by atoms with Gasteiger partial charge in [-0.1, -0.05) is 56.6 Å². The lowest BCUT2D eigenvalue weighted by atomic mass is 9.87. The quantitative estimate of drug-likeness (QED) is 0.482. The largest absolute Gasteiger partial charge is 0.495 e. The van der Waals surface area contributed by atoms with E-state index in [4.69, 9.17) is 16.3 Å². The van der Waals surface area contributed by atoms with Gasteiger partial charge in [0.05, 0.1) is 28.4 Å². The van der Waals surface area contributed by atoms with Gasteiger partial charge < -0.3 is 10.1 Å².